The predicted octanol–water partition coefficient (Wildman–Crippen LogP) is 4.81. The second-order valence-electron chi connectivity index (χ2n) is 5.33. The van der Waals surface area contributed by atoms with Gasteiger partial charge in [0.1, 0.15) is 5.01 Å². The van der Waals surface area contributed by atoms with E-state index in [-0.39, 0.29) is 12.3 Å². The molecular weight excluding hydrogens is 374 g/mol. The lowest BCUT2D eigenvalue weighted by Crippen LogP contribution is -2.14. The number of thioether (sulfide) groups is 1. The van der Waals surface area contributed by atoms with Gasteiger partial charge in [-0.1, -0.05) is 65.4 Å². The van der Waals surface area contributed by atoms with Gasteiger partial charge in [-0.2, -0.15) is 0 Å². The summed E-state index contributed by atoms with van der Waals surface area (Å²) in [7, 11) is 0. The third kappa shape index (κ3) is 5.85. The van der Waals surface area contributed by atoms with Crippen LogP contribution in [0.15, 0.2) is 54.6 Å². The molecule has 1 heterocycles. The number of carbonyl (C=O) groups is 1. The maximum Gasteiger partial charge on any atom is 0.230 e. The summed E-state index contributed by atoms with van der Waals surface area (Å²) in [4.78, 5) is 12.1. The quantitative estimate of drug-likeness (QED) is 0.630. The van der Waals surface area contributed by atoms with E-state index in [9.17, 15) is 4.79 Å². The Balaban J connectivity index is 1.46. The highest BCUT2D eigenvalue weighted by Gasteiger charge is 2.09. The van der Waals surface area contributed by atoms with Crippen molar-refractivity contribution in [3.63, 3.8) is 0 Å². The van der Waals surface area contributed by atoms with Crippen LogP contribution in [-0.2, 0) is 22.7 Å². The Morgan fingerprint density at radius 2 is 1.76 bits per heavy atom. The molecule has 0 fully saturated rings. The molecule has 0 atom stereocenters. The van der Waals surface area contributed by atoms with Crippen LogP contribution in [0, 0.1) is 0 Å². The molecule has 0 saturated carbocycles. The third-order valence-electron chi connectivity index (χ3n) is 3.33. The van der Waals surface area contributed by atoms with Gasteiger partial charge in [0.15, 0.2) is 0 Å². The number of halogens is 1. The molecule has 0 unspecified atom stereocenters. The summed E-state index contributed by atoms with van der Waals surface area (Å²) < 4.78 is 0. The summed E-state index contributed by atoms with van der Waals surface area (Å²) in [6.45, 7) is 0. The van der Waals surface area contributed by atoms with Crippen molar-refractivity contribution in [2.75, 3.05) is 5.32 Å². The second kappa shape index (κ2) is 8.99. The van der Waals surface area contributed by atoms with Crippen molar-refractivity contribution >= 4 is 45.7 Å². The second-order valence-corrected chi connectivity index (χ2v) is 7.81. The lowest BCUT2D eigenvalue weighted by Gasteiger charge is -2.01. The van der Waals surface area contributed by atoms with Crippen LogP contribution in [0.4, 0.5) is 5.13 Å². The molecule has 4 nitrogen and oxygen atoms in total. The number of hydrogen-bond donors (Lipinski definition) is 1. The minimum absolute atomic E-state index is 0.109. The van der Waals surface area contributed by atoms with E-state index in [1.807, 2.05) is 30.3 Å². The number of nitrogens with zero attached hydrogens (tertiary/aromatic N) is 2. The highest BCUT2D eigenvalue weighted by molar-refractivity contribution is 7.97. The van der Waals surface area contributed by atoms with Crippen molar-refractivity contribution in [2.45, 2.75) is 17.9 Å². The molecule has 0 bridgehead atoms. The molecule has 1 amide bonds. The van der Waals surface area contributed by atoms with E-state index < -0.39 is 0 Å². The molecule has 3 rings (SSSR count). The zero-order valence-corrected chi connectivity index (χ0v) is 15.7. The number of rotatable bonds is 7. The summed E-state index contributed by atoms with van der Waals surface area (Å²) in [5.74, 6) is 1.60. The van der Waals surface area contributed by atoms with Crippen molar-refractivity contribution in [3.05, 3.63) is 75.8 Å². The molecule has 2 aromatic carbocycles. The zero-order valence-electron chi connectivity index (χ0n) is 13.3. The fourth-order valence-corrected chi connectivity index (χ4v) is 4.07. The monoisotopic (exact) mass is 389 g/mol. The predicted molar refractivity (Wildman–Crippen MR) is 105 cm³/mol. The Morgan fingerprint density at radius 3 is 2.52 bits per heavy atom. The highest BCUT2D eigenvalue weighted by atomic mass is 35.5. The van der Waals surface area contributed by atoms with Gasteiger partial charge in [-0.25, -0.2) is 0 Å². The van der Waals surface area contributed by atoms with Crippen LogP contribution in [0.2, 0.25) is 5.02 Å². The van der Waals surface area contributed by atoms with Gasteiger partial charge in [0, 0.05) is 16.5 Å². The molecule has 0 aliphatic rings. The Kier molecular flexibility index (Phi) is 6.44. The lowest BCUT2D eigenvalue weighted by molar-refractivity contribution is -0.115. The number of hydrogen-bond acceptors (Lipinski definition) is 5. The maximum atomic E-state index is 12.1. The van der Waals surface area contributed by atoms with Crippen molar-refractivity contribution in [1.29, 1.82) is 0 Å². The van der Waals surface area contributed by atoms with Crippen molar-refractivity contribution in [2.24, 2.45) is 0 Å². The molecule has 0 aliphatic carbocycles. The van der Waals surface area contributed by atoms with Crippen LogP contribution in [0.25, 0.3) is 0 Å². The summed E-state index contributed by atoms with van der Waals surface area (Å²) in [6.07, 6.45) is 0.287. The van der Waals surface area contributed by atoms with E-state index in [2.05, 4.69) is 27.6 Å². The van der Waals surface area contributed by atoms with E-state index in [1.165, 1.54) is 16.9 Å². The van der Waals surface area contributed by atoms with E-state index >= 15 is 0 Å². The number of nitrogens with one attached hydrogen (secondary N) is 1. The average molecular weight is 390 g/mol. The van der Waals surface area contributed by atoms with E-state index in [4.69, 9.17) is 11.6 Å². The van der Waals surface area contributed by atoms with Crippen LogP contribution in [0.5, 0.6) is 0 Å². The van der Waals surface area contributed by atoms with E-state index in [0.29, 0.717) is 10.2 Å². The molecule has 0 radical (unpaired) electrons. The minimum Gasteiger partial charge on any atom is -0.300 e. The topological polar surface area (TPSA) is 54.9 Å². The molecule has 0 aliphatic heterocycles. The maximum absolute atomic E-state index is 12.1. The molecule has 0 spiro atoms. The number of anilines is 1. The smallest absolute Gasteiger partial charge is 0.230 e. The van der Waals surface area contributed by atoms with Crippen LogP contribution in [0.1, 0.15) is 16.1 Å². The Bertz CT molecular complexity index is 822. The number of carbonyl (C=O) groups excluding carboxylic acids is 1. The Hall–Kier alpha value is -1.89. The van der Waals surface area contributed by atoms with Gasteiger partial charge in [0.2, 0.25) is 11.0 Å². The summed E-state index contributed by atoms with van der Waals surface area (Å²) >= 11 is 9.03. The first-order chi connectivity index (χ1) is 12.2. The van der Waals surface area contributed by atoms with Crippen LogP contribution in [0.3, 0.4) is 0 Å². The molecule has 128 valence electrons. The lowest BCUT2D eigenvalue weighted by atomic mass is 10.1. The molecule has 25 heavy (non-hydrogen) atoms. The number of aromatic nitrogens is 2. The van der Waals surface area contributed by atoms with Crippen molar-refractivity contribution in [1.82, 2.24) is 10.2 Å². The van der Waals surface area contributed by atoms with Gasteiger partial charge in [0.25, 0.3) is 0 Å². The fourth-order valence-electron chi connectivity index (χ4n) is 2.14. The highest BCUT2D eigenvalue weighted by Crippen LogP contribution is 2.22. The van der Waals surface area contributed by atoms with Crippen molar-refractivity contribution < 1.29 is 4.79 Å². The van der Waals surface area contributed by atoms with Gasteiger partial charge < -0.3 is 5.32 Å². The van der Waals surface area contributed by atoms with Gasteiger partial charge in [-0.05, 0) is 23.3 Å². The number of benzene rings is 2. The van der Waals surface area contributed by atoms with E-state index in [0.717, 1.165) is 22.1 Å². The standard InChI is InChI=1S/C18H16ClN3OS2/c19-15-8-6-13(7-9-15)10-16(23)20-18-22-21-17(25-18)12-24-11-14-4-2-1-3-5-14/h1-9H,10-12H2,(H,20,22,23). The Morgan fingerprint density at radius 1 is 1.00 bits per heavy atom. The van der Waals surface area contributed by atoms with Crippen LogP contribution < -0.4 is 5.32 Å². The zero-order chi connectivity index (χ0) is 17.5. The molecule has 3 aromatic rings. The Labute approximate surface area is 159 Å². The molecule has 1 N–H and O–H groups in total. The molecule has 1 aromatic heterocycles. The first-order valence-corrected chi connectivity index (χ1v) is 10.0. The summed E-state index contributed by atoms with van der Waals surface area (Å²) in [6, 6.07) is 17.5. The van der Waals surface area contributed by atoms with Gasteiger partial charge >= 0.3 is 0 Å². The summed E-state index contributed by atoms with van der Waals surface area (Å²) in [5, 5.41) is 13.1. The van der Waals surface area contributed by atoms with Gasteiger partial charge in [-0.15, -0.1) is 22.0 Å². The molecule has 0 saturated heterocycles. The largest absolute Gasteiger partial charge is 0.300 e. The summed E-state index contributed by atoms with van der Waals surface area (Å²) in [5.41, 5.74) is 2.19. The van der Waals surface area contributed by atoms with Gasteiger partial charge in [-0.3, -0.25) is 4.79 Å². The number of amides is 1. The normalized spacial score (nSPS) is 10.6. The first kappa shape index (κ1) is 17.9. The molecular formula is C18H16ClN3OS2. The van der Waals surface area contributed by atoms with Crippen molar-refractivity contribution in [3.8, 4) is 0 Å². The fraction of sp³-hybridized carbons (Fsp3) is 0.167. The van der Waals surface area contributed by atoms with Crippen LogP contribution >= 0.6 is 34.7 Å². The van der Waals surface area contributed by atoms with Gasteiger partial charge in [0.05, 0.1) is 6.42 Å². The first-order valence-electron chi connectivity index (χ1n) is 7.67. The average Bonchev–Trinajstić information content (AvgIpc) is 3.05. The van der Waals surface area contributed by atoms with E-state index in [1.54, 1.807) is 23.9 Å². The third-order valence-corrected chi connectivity index (χ3v) is 5.62. The molecule has 7 heteroatoms. The van der Waals surface area contributed by atoms with Crippen LogP contribution in [-0.4, -0.2) is 16.1 Å². The minimum atomic E-state index is -0.109. The SMILES string of the molecule is O=C(Cc1ccc(Cl)cc1)Nc1nnc(CSCc2ccccc2)s1.